The minimum atomic E-state index is 0.0865. The third-order valence-electron chi connectivity index (χ3n) is 3.90. The number of benzene rings is 1. The summed E-state index contributed by atoms with van der Waals surface area (Å²) in [6.45, 7) is 7.99. The van der Waals surface area contributed by atoms with Gasteiger partial charge >= 0.3 is 0 Å². The van der Waals surface area contributed by atoms with Gasteiger partial charge in [0.1, 0.15) is 0 Å². The lowest BCUT2D eigenvalue weighted by molar-refractivity contribution is 0.0750. The van der Waals surface area contributed by atoms with E-state index < -0.39 is 0 Å². The lowest BCUT2D eigenvalue weighted by atomic mass is 10.1. The fraction of sp³-hybridized carbons (Fsp3) is 0.611. The van der Waals surface area contributed by atoms with Crippen LogP contribution in [0.4, 0.5) is 5.69 Å². The van der Waals surface area contributed by atoms with Crippen LogP contribution >= 0.6 is 0 Å². The van der Waals surface area contributed by atoms with Crippen molar-refractivity contribution in [3.8, 4) is 0 Å². The molecule has 0 radical (unpaired) electrons. The Morgan fingerprint density at radius 2 is 1.62 bits per heavy atom. The molecular weight excluding hydrogens is 260 g/mol. The van der Waals surface area contributed by atoms with Gasteiger partial charge in [0.2, 0.25) is 0 Å². The van der Waals surface area contributed by atoms with Gasteiger partial charge in [-0.2, -0.15) is 0 Å². The van der Waals surface area contributed by atoms with Crippen molar-refractivity contribution in [2.24, 2.45) is 0 Å². The van der Waals surface area contributed by atoms with Crippen molar-refractivity contribution in [3.63, 3.8) is 0 Å². The molecule has 2 N–H and O–H groups in total. The molecule has 3 nitrogen and oxygen atoms in total. The van der Waals surface area contributed by atoms with Gasteiger partial charge in [-0.25, -0.2) is 0 Å². The smallest absolute Gasteiger partial charge is 0.255 e. The van der Waals surface area contributed by atoms with Crippen LogP contribution in [0.2, 0.25) is 0 Å². The molecule has 0 aromatic heterocycles. The van der Waals surface area contributed by atoms with Crippen molar-refractivity contribution in [1.82, 2.24) is 4.90 Å². The number of carbonyl (C=O) groups excluding carboxylic acids is 1. The molecule has 0 saturated carbocycles. The highest BCUT2D eigenvalue weighted by Gasteiger charge is 2.18. The summed E-state index contributed by atoms with van der Waals surface area (Å²) in [7, 11) is 0. The molecule has 118 valence electrons. The van der Waals surface area contributed by atoms with Crippen molar-refractivity contribution in [2.75, 3.05) is 18.8 Å². The summed E-state index contributed by atoms with van der Waals surface area (Å²) in [6.07, 6.45) is 6.81. The number of hydrogen-bond donors (Lipinski definition) is 1. The van der Waals surface area contributed by atoms with E-state index in [9.17, 15) is 4.79 Å². The van der Waals surface area contributed by atoms with Crippen molar-refractivity contribution in [2.45, 2.75) is 59.3 Å². The van der Waals surface area contributed by atoms with Crippen LogP contribution in [0.3, 0.4) is 0 Å². The van der Waals surface area contributed by atoms with Gasteiger partial charge in [0, 0.05) is 18.8 Å². The first-order valence-electron chi connectivity index (χ1n) is 8.26. The van der Waals surface area contributed by atoms with E-state index in [1.165, 1.54) is 25.7 Å². The Hall–Kier alpha value is -1.51. The summed E-state index contributed by atoms with van der Waals surface area (Å²) in [6, 6.07) is 5.71. The Labute approximate surface area is 129 Å². The molecule has 21 heavy (non-hydrogen) atoms. The maximum absolute atomic E-state index is 12.8. The molecule has 3 heteroatoms. The molecule has 1 amide bonds. The van der Waals surface area contributed by atoms with Crippen LogP contribution in [0, 0.1) is 6.92 Å². The van der Waals surface area contributed by atoms with E-state index in [2.05, 4.69) is 13.8 Å². The highest BCUT2D eigenvalue weighted by molar-refractivity contribution is 5.99. The van der Waals surface area contributed by atoms with Crippen molar-refractivity contribution in [3.05, 3.63) is 29.3 Å². The number of nitrogen functional groups attached to an aromatic ring is 1. The molecule has 0 aliphatic heterocycles. The summed E-state index contributed by atoms with van der Waals surface area (Å²) in [4.78, 5) is 14.7. The van der Waals surface area contributed by atoms with E-state index in [1.807, 2.05) is 30.0 Å². The number of nitrogens with zero attached hydrogens (tertiary/aromatic N) is 1. The normalized spacial score (nSPS) is 10.6. The van der Waals surface area contributed by atoms with E-state index in [0.717, 1.165) is 31.5 Å². The number of unbranched alkanes of at least 4 members (excludes halogenated alkanes) is 4. The maximum atomic E-state index is 12.8. The number of hydrogen-bond acceptors (Lipinski definition) is 2. The highest BCUT2D eigenvalue weighted by Crippen LogP contribution is 2.19. The van der Waals surface area contributed by atoms with E-state index in [4.69, 9.17) is 5.73 Å². The Kier molecular flexibility index (Phi) is 7.88. The average Bonchev–Trinajstić information content (AvgIpc) is 2.48. The van der Waals surface area contributed by atoms with Gasteiger partial charge in [-0.05, 0) is 31.4 Å². The second kappa shape index (κ2) is 9.43. The predicted molar refractivity (Wildman–Crippen MR) is 90.5 cm³/mol. The maximum Gasteiger partial charge on any atom is 0.255 e. The van der Waals surface area contributed by atoms with Crippen molar-refractivity contribution < 1.29 is 4.79 Å². The monoisotopic (exact) mass is 290 g/mol. The minimum Gasteiger partial charge on any atom is -0.398 e. The first-order chi connectivity index (χ1) is 10.1. The summed E-state index contributed by atoms with van der Waals surface area (Å²) in [5, 5.41) is 0. The molecule has 0 heterocycles. The zero-order valence-electron chi connectivity index (χ0n) is 13.8. The molecule has 1 aromatic rings. The predicted octanol–water partition coefficient (Wildman–Crippen LogP) is 4.40. The number of anilines is 1. The molecule has 0 unspecified atom stereocenters. The third-order valence-corrected chi connectivity index (χ3v) is 3.90. The summed E-state index contributed by atoms with van der Waals surface area (Å²) < 4.78 is 0. The van der Waals surface area contributed by atoms with Gasteiger partial charge in [0.25, 0.3) is 5.91 Å². The molecule has 0 saturated heterocycles. The molecule has 0 spiro atoms. The Morgan fingerprint density at radius 1 is 1.05 bits per heavy atom. The summed E-state index contributed by atoms with van der Waals surface area (Å²) in [5.41, 5.74) is 8.34. The van der Waals surface area contributed by atoms with E-state index in [0.29, 0.717) is 11.3 Å². The standard InChI is InChI=1S/C18H30N2O/c1-4-6-8-13-20(14-9-7-5-2)18(21)16-12-10-11-15(3)17(16)19/h10-12H,4-9,13-14,19H2,1-3H3. The fourth-order valence-electron chi connectivity index (χ4n) is 2.46. The lowest BCUT2D eigenvalue weighted by Crippen LogP contribution is -2.33. The van der Waals surface area contributed by atoms with Gasteiger partial charge in [-0.1, -0.05) is 51.7 Å². The van der Waals surface area contributed by atoms with Gasteiger partial charge in [0.15, 0.2) is 0 Å². The third kappa shape index (κ3) is 5.41. The summed E-state index contributed by atoms with van der Waals surface area (Å²) >= 11 is 0. The zero-order valence-corrected chi connectivity index (χ0v) is 13.8. The first kappa shape index (κ1) is 17.5. The molecule has 0 atom stereocenters. The van der Waals surface area contributed by atoms with Crippen LogP contribution in [0.1, 0.15) is 68.3 Å². The number of carbonyl (C=O) groups is 1. The van der Waals surface area contributed by atoms with Crippen molar-refractivity contribution >= 4 is 11.6 Å². The van der Waals surface area contributed by atoms with E-state index in [-0.39, 0.29) is 5.91 Å². The van der Waals surface area contributed by atoms with E-state index in [1.54, 1.807) is 0 Å². The zero-order chi connectivity index (χ0) is 15.7. The average molecular weight is 290 g/mol. The van der Waals surface area contributed by atoms with Crippen LogP contribution in [0.15, 0.2) is 18.2 Å². The van der Waals surface area contributed by atoms with Gasteiger partial charge < -0.3 is 10.6 Å². The Bertz CT molecular complexity index is 433. The first-order valence-corrected chi connectivity index (χ1v) is 8.26. The van der Waals surface area contributed by atoms with E-state index >= 15 is 0 Å². The van der Waals surface area contributed by atoms with Gasteiger partial charge in [-0.3, -0.25) is 4.79 Å². The highest BCUT2D eigenvalue weighted by atomic mass is 16.2. The molecule has 0 aliphatic rings. The Morgan fingerprint density at radius 3 is 2.14 bits per heavy atom. The van der Waals surface area contributed by atoms with Crippen LogP contribution < -0.4 is 5.73 Å². The minimum absolute atomic E-state index is 0.0865. The molecule has 0 aliphatic carbocycles. The largest absolute Gasteiger partial charge is 0.398 e. The van der Waals surface area contributed by atoms with Gasteiger partial charge in [-0.15, -0.1) is 0 Å². The number of aryl methyl sites for hydroxylation is 1. The molecular formula is C18H30N2O. The van der Waals surface area contributed by atoms with Crippen LogP contribution in [0.25, 0.3) is 0 Å². The van der Waals surface area contributed by atoms with Crippen LogP contribution in [-0.2, 0) is 0 Å². The number of amides is 1. The van der Waals surface area contributed by atoms with Crippen LogP contribution in [0.5, 0.6) is 0 Å². The topological polar surface area (TPSA) is 46.3 Å². The number of nitrogens with two attached hydrogens (primary N) is 1. The second-order valence-electron chi connectivity index (χ2n) is 5.74. The Balaban J connectivity index is 2.79. The SMILES string of the molecule is CCCCCN(CCCCC)C(=O)c1cccc(C)c1N. The van der Waals surface area contributed by atoms with Gasteiger partial charge in [0.05, 0.1) is 5.56 Å². The quantitative estimate of drug-likeness (QED) is 0.541. The second-order valence-corrected chi connectivity index (χ2v) is 5.74. The summed E-state index contributed by atoms with van der Waals surface area (Å²) in [5.74, 6) is 0.0865. The van der Waals surface area contributed by atoms with Crippen LogP contribution in [-0.4, -0.2) is 23.9 Å². The number of rotatable bonds is 9. The molecule has 0 fully saturated rings. The lowest BCUT2D eigenvalue weighted by Gasteiger charge is -2.24. The molecule has 1 rings (SSSR count). The molecule has 0 bridgehead atoms. The van der Waals surface area contributed by atoms with Crippen molar-refractivity contribution in [1.29, 1.82) is 0 Å². The fourth-order valence-corrected chi connectivity index (χ4v) is 2.46. The molecule has 1 aromatic carbocycles. The number of para-hydroxylation sites is 1.